The molecule has 0 N–H and O–H groups in total. The number of nitrogens with zero attached hydrogens (tertiary/aromatic N) is 3. The number of aliphatic imine (C=N–C) groups is 3. The van der Waals surface area contributed by atoms with Gasteiger partial charge in [-0.25, -0.2) is 4.99 Å². The van der Waals surface area contributed by atoms with Crippen LogP contribution in [0.5, 0.6) is 0 Å². The van der Waals surface area contributed by atoms with Gasteiger partial charge in [0.05, 0.1) is 22.8 Å². The van der Waals surface area contributed by atoms with Gasteiger partial charge in [0.15, 0.2) is 0 Å². The van der Waals surface area contributed by atoms with Crippen molar-refractivity contribution in [3.63, 3.8) is 0 Å². The molecule has 2 aromatic rings. The Hall–Kier alpha value is -3.11. The molecule has 1 heterocycles. The zero-order valence-corrected chi connectivity index (χ0v) is 17.3. The van der Waals surface area contributed by atoms with E-state index in [1.165, 1.54) is 0 Å². The van der Waals surface area contributed by atoms with E-state index in [1.807, 2.05) is 69.5 Å². The van der Waals surface area contributed by atoms with Crippen molar-refractivity contribution in [2.45, 2.75) is 20.8 Å². The van der Waals surface area contributed by atoms with Gasteiger partial charge in [0.2, 0.25) is 0 Å². The number of thiophene rings is 1. The first-order valence-electron chi connectivity index (χ1n) is 8.94. The van der Waals surface area contributed by atoms with Crippen molar-refractivity contribution in [1.82, 2.24) is 0 Å². The van der Waals surface area contributed by atoms with Gasteiger partial charge in [-0.05, 0) is 86.2 Å². The van der Waals surface area contributed by atoms with Gasteiger partial charge in [0.1, 0.15) is 0 Å². The van der Waals surface area contributed by atoms with Crippen LogP contribution in [0, 0.1) is 13.8 Å². The molecule has 1 aliphatic carbocycles. The Kier molecular flexibility index (Phi) is 5.81. The van der Waals surface area contributed by atoms with Crippen LogP contribution >= 0.6 is 11.3 Å². The van der Waals surface area contributed by atoms with Gasteiger partial charge in [0, 0.05) is 16.0 Å². The van der Waals surface area contributed by atoms with E-state index in [0.29, 0.717) is 0 Å². The minimum absolute atomic E-state index is 0.846. The summed E-state index contributed by atoms with van der Waals surface area (Å²) in [4.78, 5) is 15.7. The molecule has 1 aromatic carbocycles. The molecule has 0 saturated heterocycles. The zero-order chi connectivity index (χ0) is 20.3. The minimum atomic E-state index is 0.846. The molecule has 0 fully saturated rings. The summed E-state index contributed by atoms with van der Waals surface area (Å²) in [6.45, 7) is 17.7. The van der Waals surface area contributed by atoms with Gasteiger partial charge in [0.25, 0.3) is 0 Å². The summed E-state index contributed by atoms with van der Waals surface area (Å²) in [6.07, 6.45) is 7.74. The number of benzene rings is 1. The lowest BCUT2D eigenvalue weighted by molar-refractivity contribution is 1.27. The van der Waals surface area contributed by atoms with Gasteiger partial charge >= 0.3 is 0 Å². The first-order chi connectivity index (χ1) is 13.4. The second-order valence-corrected chi connectivity index (χ2v) is 7.81. The summed E-state index contributed by atoms with van der Waals surface area (Å²) < 4.78 is 0. The third-order valence-electron chi connectivity index (χ3n) is 4.50. The summed E-state index contributed by atoms with van der Waals surface area (Å²) in [7, 11) is 0. The molecule has 0 saturated carbocycles. The van der Waals surface area contributed by atoms with E-state index in [2.05, 4.69) is 29.9 Å². The molecule has 3 rings (SSSR count). The van der Waals surface area contributed by atoms with Crippen LogP contribution in [0.3, 0.4) is 0 Å². The molecule has 0 radical (unpaired) electrons. The van der Waals surface area contributed by atoms with E-state index in [0.717, 1.165) is 54.8 Å². The van der Waals surface area contributed by atoms with Gasteiger partial charge in [-0.1, -0.05) is 19.2 Å². The van der Waals surface area contributed by atoms with Crippen molar-refractivity contribution in [2.24, 2.45) is 15.0 Å². The lowest BCUT2D eigenvalue weighted by Crippen LogP contribution is -2.04. The molecule has 0 spiro atoms. The molecule has 0 unspecified atom stereocenters. The molecular formula is C24H23N3S. The third-order valence-corrected chi connectivity index (χ3v) is 5.52. The Balaban J connectivity index is 1.87. The summed E-state index contributed by atoms with van der Waals surface area (Å²) in [5, 5.41) is 0. The molecule has 0 aliphatic heterocycles. The Morgan fingerprint density at radius 3 is 2.32 bits per heavy atom. The Morgan fingerprint density at radius 1 is 0.964 bits per heavy atom. The second kappa shape index (κ2) is 8.28. The second-order valence-electron chi connectivity index (χ2n) is 6.66. The van der Waals surface area contributed by atoms with E-state index in [-0.39, 0.29) is 0 Å². The summed E-state index contributed by atoms with van der Waals surface area (Å²) >= 11 is 1.66. The quantitative estimate of drug-likeness (QED) is 0.500. The highest BCUT2D eigenvalue weighted by Crippen LogP contribution is 2.30. The highest BCUT2D eigenvalue weighted by atomic mass is 32.1. The van der Waals surface area contributed by atoms with Gasteiger partial charge in [-0.15, -0.1) is 11.3 Å². The molecule has 28 heavy (non-hydrogen) atoms. The molecule has 4 heteroatoms. The first kappa shape index (κ1) is 19.6. The van der Waals surface area contributed by atoms with Gasteiger partial charge < -0.3 is 0 Å². The van der Waals surface area contributed by atoms with Crippen molar-refractivity contribution >= 4 is 47.4 Å². The topological polar surface area (TPSA) is 37.1 Å². The van der Waals surface area contributed by atoms with Crippen molar-refractivity contribution in [2.75, 3.05) is 0 Å². The summed E-state index contributed by atoms with van der Waals surface area (Å²) in [5.41, 5.74) is 7.57. The van der Waals surface area contributed by atoms with Gasteiger partial charge in [-0.2, -0.15) is 0 Å². The van der Waals surface area contributed by atoms with E-state index in [4.69, 9.17) is 4.99 Å². The predicted molar refractivity (Wildman–Crippen MR) is 125 cm³/mol. The Labute approximate surface area is 170 Å². The van der Waals surface area contributed by atoms with Crippen LogP contribution < -0.4 is 0 Å². The smallest absolute Gasteiger partial charge is 0.0707 e. The van der Waals surface area contributed by atoms with Crippen molar-refractivity contribution in [3.05, 3.63) is 87.3 Å². The summed E-state index contributed by atoms with van der Waals surface area (Å²) in [5.74, 6) is 0. The van der Waals surface area contributed by atoms with Crippen LogP contribution in [0.1, 0.15) is 27.8 Å². The molecule has 0 amide bonds. The van der Waals surface area contributed by atoms with Crippen LogP contribution in [0.4, 0.5) is 11.4 Å². The van der Waals surface area contributed by atoms with Crippen LogP contribution in [-0.2, 0) is 0 Å². The average molecular weight is 386 g/mol. The normalized spacial score (nSPS) is 15.7. The molecule has 1 aromatic heterocycles. The van der Waals surface area contributed by atoms with E-state index in [9.17, 15) is 0 Å². The van der Waals surface area contributed by atoms with E-state index in [1.54, 1.807) is 11.3 Å². The molecule has 0 atom stereocenters. The number of hydrogen-bond acceptors (Lipinski definition) is 4. The fourth-order valence-corrected chi connectivity index (χ4v) is 3.59. The number of rotatable bonds is 5. The van der Waals surface area contributed by atoms with Crippen LogP contribution in [0.25, 0.3) is 6.08 Å². The minimum Gasteiger partial charge on any atom is -0.264 e. The average Bonchev–Trinajstić information content (AvgIpc) is 3.14. The first-order valence-corrected chi connectivity index (χ1v) is 9.75. The van der Waals surface area contributed by atoms with Crippen molar-refractivity contribution < 1.29 is 0 Å². The predicted octanol–water partition coefficient (Wildman–Crippen LogP) is 6.93. The van der Waals surface area contributed by atoms with E-state index >= 15 is 0 Å². The number of allylic oxidation sites excluding steroid dienone is 4. The molecule has 0 bridgehead atoms. The van der Waals surface area contributed by atoms with Crippen molar-refractivity contribution in [1.29, 1.82) is 0 Å². The van der Waals surface area contributed by atoms with E-state index < -0.39 is 0 Å². The lowest BCUT2D eigenvalue weighted by Gasteiger charge is -2.14. The van der Waals surface area contributed by atoms with Gasteiger partial charge in [-0.3, -0.25) is 9.98 Å². The standard InChI is InChI=1S/C24H23N3S/c1-7-19-8-9-20(28-19)14-26-22-11-18(5)24(13-16(22)3)27-23-12-15(2)21(25-6)10-17(23)4/h7-14H,1,5-6H2,2-4H3. The number of aryl methyl sites for hydroxylation is 2. The summed E-state index contributed by atoms with van der Waals surface area (Å²) in [6, 6.07) is 8.13. The molecule has 140 valence electrons. The maximum absolute atomic E-state index is 4.83. The van der Waals surface area contributed by atoms with Crippen LogP contribution in [0.15, 0.2) is 81.4 Å². The molecule has 3 nitrogen and oxygen atoms in total. The fraction of sp³-hybridized carbons (Fsp3) is 0.125. The van der Waals surface area contributed by atoms with Crippen LogP contribution in [0.2, 0.25) is 0 Å². The van der Waals surface area contributed by atoms with Crippen molar-refractivity contribution in [3.8, 4) is 0 Å². The SMILES string of the molecule is C=Cc1ccc(C=NC2=CC(=C)C(=Nc3cc(C)c(N=C)cc3C)C=C2C)s1. The monoisotopic (exact) mass is 385 g/mol. The number of hydrogen-bond donors (Lipinski definition) is 0. The highest BCUT2D eigenvalue weighted by molar-refractivity contribution is 7.14. The highest BCUT2D eigenvalue weighted by Gasteiger charge is 2.12. The fourth-order valence-electron chi connectivity index (χ4n) is 2.85. The largest absolute Gasteiger partial charge is 0.264 e. The Morgan fingerprint density at radius 2 is 1.64 bits per heavy atom. The lowest BCUT2D eigenvalue weighted by atomic mass is 9.99. The zero-order valence-electron chi connectivity index (χ0n) is 16.5. The molecule has 1 aliphatic rings. The maximum Gasteiger partial charge on any atom is 0.0707 e. The Bertz CT molecular complexity index is 1090. The molecular weight excluding hydrogens is 362 g/mol. The third kappa shape index (κ3) is 4.24. The van der Waals surface area contributed by atoms with Crippen LogP contribution in [-0.4, -0.2) is 18.6 Å². The maximum atomic E-state index is 4.83.